The van der Waals surface area contributed by atoms with Gasteiger partial charge in [0.2, 0.25) is 0 Å². The standard InChI is InChI=1S/C23H23F2N5.C22H22FN5O2/c1-3-30-6-4-14(5-7-30)15-8-17-12-26-23(27-21(17)19(24)10-15)16-9-18-13-29(2)28-22(18)20(25)11-16;1-12-5-13(6-14-11-28(2)27-21(12)14)18-9-16-17(23)7-15(8-19(16)26-25-18)22(30)3-4-24-10-20(22)29/h8-14H,3-7H2,1-2H3;5-9,11,20,24,29-30H,3-4,10H2,1-2H3/t;20-,22-/m.0/s1. The summed E-state index contributed by atoms with van der Waals surface area (Å²) in [5.41, 5.74) is 4.53. The molecular weight excluding hydrogens is 770 g/mol. The highest BCUT2D eigenvalue weighted by atomic mass is 19.1. The first kappa shape index (κ1) is 39.6. The number of nitrogens with zero attached hydrogens (tertiary/aromatic N) is 9. The van der Waals surface area contributed by atoms with E-state index in [1.807, 2.05) is 38.4 Å². The molecule has 4 aromatic carbocycles. The Bertz CT molecular complexity index is 2930. The van der Waals surface area contributed by atoms with Crippen molar-refractivity contribution in [1.29, 1.82) is 0 Å². The van der Waals surface area contributed by atoms with E-state index < -0.39 is 23.3 Å². The molecule has 3 N–H and O–H groups in total. The number of aliphatic hydroxyl groups is 2. The van der Waals surface area contributed by atoms with Gasteiger partial charge in [-0.1, -0.05) is 6.92 Å². The molecule has 308 valence electrons. The van der Waals surface area contributed by atoms with Gasteiger partial charge >= 0.3 is 0 Å². The number of piperidine rings is 2. The van der Waals surface area contributed by atoms with Crippen LogP contribution in [0.5, 0.6) is 0 Å². The number of nitrogens with one attached hydrogen (secondary N) is 1. The lowest BCUT2D eigenvalue weighted by Crippen LogP contribution is -2.51. The number of aromatic nitrogens is 8. The molecule has 10 rings (SSSR count). The van der Waals surface area contributed by atoms with Gasteiger partial charge in [0.05, 0.1) is 22.8 Å². The fourth-order valence-electron chi connectivity index (χ4n) is 8.68. The van der Waals surface area contributed by atoms with Gasteiger partial charge in [-0.15, -0.1) is 10.2 Å². The molecule has 2 saturated heterocycles. The maximum Gasteiger partial charge on any atom is 0.160 e. The Morgan fingerprint density at radius 2 is 1.52 bits per heavy atom. The van der Waals surface area contributed by atoms with Crippen molar-refractivity contribution in [2.75, 3.05) is 32.7 Å². The molecule has 2 atom stereocenters. The highest BCUT2D eigenvalue weighted by molar-refractivity contribution is 5.89. The molecule has 0 aliphatic carbocycles. The molecule has 0 spiro atoms. The summed E-state index contributed by atoms with van der Waals surface area (Å²) < 4.78 is 47.8. The lowest BCUT2D eigenvalue weighted by atomic mass is 9.82. The smallest absolute Gasteiger partial charge is 0.160 e. The van der Waals surface area contributed by atoms with Crippen LogP contribution in [0.15, 0.2) is 73.2 Å². The van der Waals surface area contributed by atoms with E-state index in [2.05, 4.69) is 47.5 Å². The summed E-state index contributed by atoms with van der Waals surface area (Å²) in [4.78, 5) is 11.2. The molecule has 6 heterocycles. The van der Waals surface area contributed by atoms with Crippen LogP contribution in [-0.4, -0.2) is 93.7 Å². The number of likely N-dealkylation sites (tertiary alicyclic amines) is 1. The van der Waals surface area contributed by atoms with Gasteiger partial charge in [0.25, 0.3) is 0 Å². The van der Waals surface area contributed by atoms with Gasteiger partial charge in [-0.25, -0.2) is 23.1 Å². The van der Waals surface area contributed by atoms with Gasteiger partial charge in [-0.05, 0) is 130 Å². The van der Waals surface area contributed by atoms with E-state index >= 15 is 4.39 Å². The minimum atomic E-state index is -1.51. The first-order valence-electron chi connectivity index (χ1n) is 20.2. The molecule has 2 aliphatic rings. The molecule has 0 bridgehead atoms. The van der Waals surface area contributed by atoms with Gasteiger partial charge in [0.1, 0.15) is 28.3 Å². The monoisotopic (exact) mass is 814 g/mol. The lowest BCUT2D eigenvalue weighted by Gasteiger charge is -2.37. The molecule has 0 unspecified atom stereocenters. The molecule has 8 aromatic rings. The Morgan fingerprint density at radius 1 is 0.800 bits per heavy atom. The fraction of sp³-hybridized carbons (Fsp3) is 0.333. The topological polar surface area (TPSA) is 143 Å². The van der Waals surface area contributed by atoms with Crippen molar-refractivity contribution >= 4 is 43.6 Å². The maximum absolute atomic E-state index is 15.0. The molecule has 4 aromatic heterocycles. The van der Waals surface area contributed by atoms with Crippen molar-refractivity contribution in [3.05, 3.63) is 107 Å². The van der Waals surface area contributed by atoms with E-state index in [-0.39, 0.29) is 24.3 Å². The molecule has 15 heteroatoms. The molecular formula is C45H45F3N10O2. The third kappa shape index (κ3) is 7.35. The first-order chi connectivity index (χ1) is 28.9. The van der Waals surface area contributed by atoms with Crippen molar-refractivity contribution in [2.45, 2.75) is 50.7 Å². The summed E-state index contributed by atoms with van der Waals surface area (Å²) in [5, 5.41) is 44.0. The van der Waals surface area contributed by atoms with Gasteiger partial charge in [0.15, 0.2) is 11.6 Å². The van der Waals surface area contributed by atoms with E-state index in [4.69, 9.17) is 0 Å². The van der Waals surface area contributed by atoms with Gasteiger partial charge in [0, 0.05) is 71.9 Å². The number of benzene rings is 4. The van der Waals surface area contributed by atoms with Crippen molar-refractivity contribution in [1.82, 2.24) is 49.9 Å². The molecule has 2 aliphatic heterocycles. The normalized spacial score (nSPS) is 19.1. The van der Waals surface area contributed by atoms with E-state index in [1.54, 1.807) is 53.1 Å². The Hall–Kier alpha value is -5.87. The van der Waals surface area contributed by atoms with Crippen molar-refractivity contribution in [3.63, 3.8) is 0 Å². The van der Waals surface area contributed by atoms with Crippen molar-refractivity contribution in [2.24, 2.45) is 14.1 Å². The first-order valence-corrected chi connectivity index (χ1v) is 20.2. The molecule has 0 saturated carbocycles. The zero-order valence-corrected chi connectivity index (χ0v) is 33.8. The number of aryl methyl sites for hydroxylation is 3. The van der Waals surface area contributed by atoms with Crippen LogP contribution >= 0.6 is 0 Å². The summed E-state index contributed by atoms with van der Waals surface area (Å²) in [6, 6.07) is 15.2. The maximum atomic E-state index is 15.0. The molecule has 0 radical (unpaired) electrons. The van der Waals surface area contributed by atoms with E-state index in [0.29, 0.717) is 62.3 Å². The third-order valence-electron chi connectivity index (χ3n) is 12.0. The van der Waals surface area contributed by atoms with Crippen LogP contribution in [0.4, 0.5) is 13.2 Å². The Balaban J connectivity index is 0.000000154. The van der Waals surface area contributed by atoms with E-state index in [9.17, 15) is 19.0 Å². The second-order valence-electron chi connectivity index (χ2n) is 16.1. The summed E-state index contributed by atoms with van der Waals surface area (Å²) in [6.07, 6.45) is 6.62. The lowest BCUT2D eigenvalue weighted by molar-refractivity contribution is -0.0977. The Kier molecular flexibility index (Phi) is 10.3. The predicted molar refractivity (Wildman–Crippen MR) is 225 cm³/mol. The molecule has 60 heavy (non-hydrogen) atoms. The van der Waals surface area contributed by atoms with Crippen LogP contribution < -0.4 is 5.32 Å². The highest BCUT2D eigenvalue weighted by Crippen LogP contribution is 2.36. The quantitative estimate of drug-likeness (QED) is 0.169. The Labute approximate surface area is 343 Å². The highest BCUT2D eigenvalue weighted by Gasteiger charge is 2.40. The van der Waals surface area contributed by atoms with Crippen molar-refractivity contribution < 1.29 is 23.4 Å². The van der Waals surface area contributed by atoms with Gasteiger partial charge in [-0.2, -0.15) is 10.2 Å². The number of hydrogen-bond acceptors (Lipinski definition) is 10. The summed E-state index contributed by atoms with van der Waals surface area (Å²) >= 11 is 0. The number of rotatable bonds is 5. The molecule has 2 fully saturated rings. The number of aliphatic hydroxyl groups excluding tert-OH is 1. The van der Waals surface area contributed by atoms with E-state index in [1.165, 1.54) is 12.1 Å². The molecule has 12 nitrogen and oxygen atoms in total. The second-order valence-corrected chi connectivity index (χ2v) is 16.1. The minimum Gasteiger partial charge on any atom is -0.388 e. The zero-order valence-electron chi connectivity index (χ0n) is 33.8. The SMILES string of the molecule is CCN1CCC(c2cc(F)c3nc(-c4cc(F)c5nn(C)cc5c4)ncc3c2)CC1.Cc1cc(-c2cc3c(F)cc([C@@]4(O)CCNC[C@@H]4O)cc3nn2)cc2cn(C)nc12. The fourth-order valence-corrected chi connectivity index (χ4v) is 8.68. The van der Waals surface area contributed by atoms with Crippen LogP contribution in [-0.2, 0) is 19.7 Å². The summed E-state index contributed by atoms with van der Waals surface area (Å²) in [7, 11) is 3.61. The average Bonchev–Trinajstić information content (AvgIpc) is 3.83. The van der Waals surface area contributed by atoms with Crippen molar-refractivity contribution in [3.8, 4) is 22.6 Å². The second kappa shape index (κ2) is 15.6. The molecule has 0 amide bonds. The summed E-state index contributed by atoms with van der Waals surface area (Å²) in [5.74, 6) is -0.645. The average molecular weight is 815 g/mol. The number of hydrogen-bond donors (Lipinski definition) is 3. The minimum absolute atomic E-state index is 0.247. The summed E-state index contributed by atoms with van der Waals surface area (Å²) in [6.45, 7) is 8.07. The van der Waals surface area contributed by atoms with E-state index in [0.717, 1.165) is 60.1 Å². The zero-order chi connectivity index (χ0) is 41.9. The third-order valence-corrected chi connectivity index (χ3v) is 12.0. The number of β-amino-alcohol motifs (C(OH)–C–C–N with tert-alkyl or cyclic N) is 1. The van der Waals surface area contributed by atoms with Crippen LogP contribution in [0.25, 0.3) is 66.3 Å². The Morgan fingerprint density at radius 3 is 2.27 bits per heavy atom. The van der Waals surface area contributed by atoms with Crippen LogP contribution in [0.3, 0.4) is 0 Å². The van der Waals surface area contributed by atoms with Gasteiger partial charge in [-0.3, -0.25) is 9.36 Å². The van der Waals surface area contributed by atoms with Gasteiger partial charge < -0.3 is 20.4 Å². The number of fused-ring (bicyclic) bond motifs is 4. The van der Waals surface area contributed by atoms with Crippen LogP contribution in [0.2, 0.25) is 0 Å². The van der Waals surface area contributed by atoms with Crippen LogP contribution in [0, 0.1) is 24.4 Å². The largest absolute Gasteiger partial charge is 0.388 e. The van der Waals surface area contributed by atoms with Crippen LogP contribution in [0.1, 0.15) is 48.8 Å². The predicted octanol–water partition coefficient (Wildman–Crippen LogP) is 6.83. The number of halogens is 3.